The van der Waals surface area contributed by atoms with Gasteiger partial charge >= 0.3 is 0 Å². The van der Waals surface area contributed by atoms with E-state index in [4.69, 9.17) is 40.5 Å². The van der Waals surface area contributed by atoms with Gasteiger partial charge in [-0.05, 0) is 12.1 Å². The van der Waals surface area contributed by atoms with Gasteiger partial charge in [0, 0.05) is 11.1 Å². The van der Waals surface area contributed by atoms with Crippen LogP contribution in [-0.2, 0) is 0 Å². The average molecular weight is 371 g/mol. The van der Waals surface area contributed by atoms with Crippen molar-refractivity contribution in [3.05, 3.63) is 71.8 Å². The number of halogens is 3. The third kappa shape index (κ3) is 5.13. The number of amidine groups is 1. The Morgan fingerprint density at radius 1 is 0.957 bits per heavy atom. The molecule has 3 N–H and O–H groups in total. The molecule has 0 aromatic heterocycles. The Labute approximate surface area is 149 Å². The molecule has 0 saturated carbocycles. The fraction of sp³-hybridized carbons (Fsp3) is 0.125. The first-order valence-corrected chi connectivity index (χ1v) is 7.82. The maximum absolute atomic E-state index is 12.2. The van der Waals surface area contributed by atoms with Gasteiger partial charge in [-0.15, -0.1) is 0 Å². The van der Waals surface area contributed by atoms with Crippen LogP contribution in [0.5, 0.6) is 0 Å². The van der Waals surface area contributed by atoms with Gasteiger partial charge in [0.2, 0.25) is 3.79 Å². The summed E-state index contributed by atoms with van der Waals surface area (Å²) in [6.45, 7) is 0. The van der Waals surface area contributed by atoms with Gasteiger partial charge < -0.3 is 11.1 Å². The SMILES string of the molecule is NC(=NC(NC(=O)c1ccccc1)C(Cl)(Cl)Cl)c1ccccc1. The summed E-state index contributed by atoms with van der Waals surface area (Å²) in [5, 5.41) is 2.57. The topological polar surface area (TPSA) is 67.5 Å². The highest BCUT2D eigenvalue weighted by molar-refractivity contribution is 6.68. The first-order valence-electron chi connectivity index (χ1n) is 6.69. The number of hydrogen-bond acceptors (Lipinski definition) is 2. The molecule has 120 valence electrons. The number of benzene rings is 2. The van der Waals surface area contributed by atoms with Crippen LogP contribution in [0.1, 0.15) is 15.9 Å². The zero-order valence-electron chi connectivity index (χ0n) is 11.9. The van der Waals surface area contributed by atoms with E-state index in [0.29, 0.717) is 11.1 Å². The molecule has 1 atom stereocenters. The van der Waals surface area contributed by atoms with Crippen molar-refractivity contribution in [2.45, 2.75) is 9.96 Å². The molecule has 0 bridgehead atoms. The minimum absolute atomic E-state index is 0.162. The third-order valence-electron chi connectivity index (χ3n) is 2.95. The van der Waals surface area contributed by atoms with Gasteiger partial charge in [-0.2, -0.15) is 0 Å². The Balaban J connectivity index is 2.23. The van der Waals surface area contributed by atoms with E-state index >= 15 is 0 Å². The van der Waals surface area contributed by atoms with E-state index in [9.17, 15) is 4.79 Å². The van der Waals surface area contributed by atoms with Gasteiger partial charge in [0.05, 0.1) is 0 Å². The lowest BCUT2D eigenvalue weighted by atomic mass is 10.2. The first kappa shape index (κ1) is 17.6. The van der Waals surface area contributed by atoms with Crippen LogP contribution in [0, 0.1) is 0 Å². The summed E-state index contributed by atoms with van der Waals surface area (Å²) >= 11 is 17.7. The molecule has 0 fully saturated rings. The van der Waals surface area contributed by atoms with Gasteiger partial charge in [0.15, 0.2) is 6.17 Å². The Hall–Kier alpha value is -1.75. The fourth-order valence-corrected chi connectivity index (χ4v) is 2.12. The van der Waals surface area contributed by atoms with E-state index in [1.165, 1.54) is 0 Å². The quantitative estimate of drug-likeness (QED) is 0.491. The lowest BCUT2D eigenvalue weighted by molar-refractivity contribution is 0.0939. The lowest BCUT2D eigenvalue weighted by Gasteiger charge is -2.22. The van der Waals surface area contributed by atoms with Crippen LogP contribution in [0.15, 0.2) is 65.7 Å². The van der Waals surface area contributed by atoms with Gasteiger partial charge in [-0.1, -0.05) is 83.3 Å². The summed E-state index contributed by atoms with van der Waals surface area (Å²) < 4.78 is -1.84. The molecule has 7 heteroatoms. The number of rotatable bonds is 4. The van der Waals surface area contributed by atoms with Crippen LogP contribution in [0.2, 0.25) is 0 Å². The molecule has 0 radical (unpaired) electrons. The van der Waals surface area contributed by atoms with Crippen LogP contribution in [0.4, 0.5) is 0 Å². The van der Waals surface area contributed by atoms with Gasteiger partial charge in [-0.3, -0.25) is 4.79 Å². The Kier molecular flexibility index (Phi) is 5.88. The minimum Gasteiger partial charge on any atom is -0.383 e. The van der Waals surface area contributed by atoms with E-state index in [1.807, 2.05) is 18.2 Å². The molecule has 2 aromatic rings. The number of hydrogen-bond donors (Lipinski definition) is 2. The molecule has 0 saturated heterocycles. The van der Waals surface area contributed by atoms with Crippen molar-refractivity contribution in [1.29, 1.82) is 0 Å². The van der Waals surface area contributed by atoms with Crippen LogP contribution in [0.25, 0.3) is 0 Å². The molecule has 1 unspecified atom stereocenters. The smallest absolute Gasteiger partial charge is 0.253 e. The molecule has 23 heavy (non-hydrogen) atoms. The predicted octanol–water partition coefficient (Wildman–Crippen LogP) is 3.52. The van der Waals surface area contributed by atoms with Gasteiger partial charge in [0.25, 0.3) is 5.91 Å². The molecule has 0 aliphatic heterocycles. The molecule has 2 rings (SSSR count). The molecule has 1 amide bonds. The zero-order chi connectivity index (χ0) is 16.9. The van der Waals surface area contributed by atoms with E-state index in [0.717, 1.165) is 0 Å². The largest absolute Gasteiger partial charge is 0.383 e. The number of amides is 1. The van der Waals surface area contributed by atoms with Crippen molar-refractivity contribution in [2.75, 3.05) is 0 Å². The Morgan fingerprint density at radius 3 is 1.91 bits per heavy atom. The second-order valence-electron chi connectivity index (χ2n) is 4.66. The van der Waals surface area contributed by atoms with E-state index in [1.54, 1.807) is 42.5 Å². The monoisotopic (exact) mass is 369 g/mol. The van der Waals surface area contributed by atoms with Crippen LogP contribution in [-0.4, -0.2) is 21.7 Å². The summed E-state index contributed by atoms with van der Waals surface area (Å²) in [5.41, 5.74) is 7.03. The van der Waals surface area contributed by atoms with Gasteiger partial charge in [0.1, 0.15) is 5.84 Å². The summed E-state index contributed by atoms with van der Waals surface area (Å²) in [5.74, 6) is -0.248. The highest BCUT2D eigenvalue weighted by Gasteiger charge is 2.34. The molecule has 4 nitrogen and oxygen atoms in total. The van der Waals surface area contributed by atoms with Crippen LogP contribution >= 0.6 is 34.8 Å². The number of nitrogens with two attached hydrogens (primary N) is 1. The molecule has 2 aromatic carbocycles. The number of carbonyl (C=O) groups excluding carboxylic acids is 1. The zero-order valence-corrected chi connectivity index (χ0v) is 14.2. The summed E-state index contributed by atoms with van der Waals surface area (Å²) in [6.07, 6.45) is -1.12. The van der Waals surface area contributed by atoms with Crippen molar-refractivity contribution in [1.82, 2.24) is 5.32 Å². The summed E-state index contributed by atoms with van der Waals surface area (Å²) in [4.78, 5) is 16.4. The maximum Gasteiger partial charge on any atom is 0.253 e. The third-order valence-corrected chi connectivity index (χ3v) is 3.57. The normalized spacial score (nSPS) is 13.4. The van der Waals surface area contributed by atoms with Gasteiger partial charge in [-0.25, -0.2) is 4.99 Å². The van der Waals surface area contributed by atoms with Crippen molar-refractivity contribution in [3.8, 4) is 0 Å². The molecular weight excluding hydrogens is 357 g/mol. The molecule has 0 spiro atoms. The number of nitrogens with one attached hydrogen (secondary N) is 1. The number of alkyl halides is 3. The number of carbonyl (C=O) groups is 1. The molecule has 0 heterocycles. The van der Waals surface area contributed by atoms with Crippen LogP contribution < -0.4 is 11.1 Å². The second kappa shape index (κ2) is 7.68. The standard InChI is InChI=1S/C16H14Cl3N3O/c17-16(18,19)15(21-13(20)11-7-3-1-4-8-11)22-14(23)12-9-5-2-6-10-12/h1-10,15H,(H2,20,21)(H,22,23). The highest BCUT2D eigenvalue weighted by atomic mass is 35.6. The molecular formula is C16H14Cl3N3O. The highest BCUT2D eigenvalue weighted by Crippen LogP contribution is 2.31. The second-order valence-corrected chi connectivity index (χ2v) is 7.03. The van der Waals surface area contributed by atoms with E-state index in [2.05, 4.69) is 10.3 Å². The Bertz CT molecular complexity index is 685. The predicted molar refractivity (Wildman–Crippen MR) is 95.2 cm³/mol. The van der Waals surface area contributed by atoms with E-state index < -0.39 is 15.9 Å². The van der Waals surface area contributed by atoms with Crippen molar-refractivity contribution in [2.24, 2.45) is 10.7 Å². The lowest BCUT2D eigenvalue weighted by Crippen LogP contribution is -2.43. The van der Waals surface area contributed by atoms with Crippen molar-refractivity contribution >= 4 is 46.5 Å². The van der Waals surface area contributed by atoms with E-state index in [-0.39, 0.29) is 5.84 Å². The Morgan fingerprint density at radius 2 is 1.43 bits per heavy atom. The molecule has 0 aliphatic carbocycles. The van der Waals surface area contributed by atoms with Crippen molar-refractivity contribution in [3.63, 3.8) is 0 Å². The maximum atomic E-state index is 12.2. The average Bonchev–Trinajstić information content (AvgIpc) is 2.54. The number of nitrogens with zero attached hydrogens (tertiary/aromatic N) is 1. The first-order chi connectivity index (χ1) is 10.9. The van der Waals surface area contributed by atoms with Crippen molar-refractivity contribution < 1.29 is 4.79 Å². The number of aliphatic imine (C=N–C) groups is 1. The minimum atomic E-state index is -1.84. The summed E-state index contributed by atoms with van der Waals surface area (Å²) in [6, 6.07) is 17.6. The fourth-order valence-electron chi connectivity index (χ4n) is 1.81. The summed E-state index contributed by atoms with van der Waals surface area (Å²) in [7, 11) is 0. The van der Waals surface area contributed by atoms with Crippen LogP contribution in [0.3, 0.4) is 0 Å². The molecule has 0 aliphatic rings.